The van der Waals surface area contributed by atoms with Gasteiger partial charge in [0.05, 0.1) is 13.0 Å². The number of nitrogens with zero attached hydrogens (tertiary/aromatic N) is 1. The summed E-state index contributed by atoms with van der Waals surface area (Å²) in [6.07, 6.45) is 2.89. The van der Waals surface area contributed by atoms with Crippen LogP contribution in [0.3, 0.4) is 0 Å². The molecule has 0 aliphatic rings. The van der Waals surface area contributed by atoms with Crippen LogP contribution < -0.4 is 4.74 Å². The Morgan fingerprint density at radius 3 is 2.34 bits per heavy atom. The number of benzene rings is 1. The Hall–Kier alpha value is -2.89. The third-order valence-electron chi connectivity index (χ3n) is 6.18. The van der Waals surface area contributed by atoms with E-state index in [9.17, 15) is 14.7 Å². The van der Waals surface area contributed by atoms with Crippen molar-refractivity contribution in [2.75, 3.05) is 7.11 Å². The average molecular weight is 442 g/mol. The Morgan fingerprint density at radius 2 is 1.75 bits per heavy atom. The van der Waals surface area contributed by atoms with Gasteiger partial charge < -0.3 is 14.6 Å². The van der Waals surface area contributed by atoms with Crippen molar-refractivity contribution in [2.45, 2.75) is 65.9 Å². The van der Waals surface area contributed by atoms with Gasteiger partial charge in [-0.2, -0.15) is 0 Å². The van der Waals surface area contributed by atoms with Gasteiger partial charge in [-0.25, -0.2) is 4.98 Å². The molecule has 0 saturated heterocycles. The second-order valence-electron chi connectivity index (χ2n) is 8.34. The summed E-state index contributed by atoms with van der Waals surface area (Å²) in [5.41, 5.74) is 2.26. The molecule has 1 N–H and O–H groups in total. The number of methoxy groups -OCH3 is 1. The van der Waals surface area contributed by atoms with E-state index in [-0.39, 0.29) is 35.6 Å². The van der Waals surface area contributed by atoms with E-state index in [0.717, 1.165) is 12.8 Å². The number of Topliss-reactive ketones (excluding diaryl/α,β-unsaturated/α-hetero) is 1. The minimum absolute atomic E-state index is 0.0714. The number of carbonyl (C=O) groups is 2. The van der Waals surface area contributed by atoms with Gasteiger partial charge in [-0.1, -0.05) is 57.9 Å². The predicted octanol–water partition coefficient (Wildman–Crippen LogP) is 5.46. The van der Waals surface area contributed by atoms with Crippen LogP contribution in [0.2, 0.25) is 0 Å². The van der Waals surface area contributed by atoms with Crippen LogP contribution in [0.15, 0.2) is 36.5 Å². The van der Waals surface area contributed by atoms with Gasteiger partial charge >= 0.3 is 5.97 Å². The smallest absolute Gasteiger partial charge is 0.309 e. The summed E-state index contributed by atoms with van der Waals surface area (Å²) in [6.45, 7) is 9.97. The van der Waals surface area contributed by atoms with Gasteiger partial charge in [0, 0.05) is 24.6 Å². The van der Waals surface area contributed by atoms with Crippen LogP contribution in [-0.4, -0.2) is 35.1 Å². The molecule has 1 heterocycles. The maximum absolute atomic E-state index is 12.9. The second kappa shape index (κ2) is 11.7. The highest BCUT2D eigenvalue weighted by atomic mass is 16.5. The van der Waals surface area contributed by atoms with Crippen LogP contribution in [-0.2, 0) is 9.53 Å². The molecule has 174 valence electrons. The molecule has 1 aromatic carbocycles. The van der Waals surface area contributed by atoms with Gasteiger partial charge in [0.25, 0.3) is 0 Å². The molecule has 2 aromatic rings. The van der Waals surface area contributed by atoms with Crippen molar-refractivity contribution in [1.29, 1.82) is 0 Å². The molecule has 0 radical (unpaired) electrons. The monoisotopic (exact) mass is 441 g/mol. The SMILES string of the molecule is CCC(CC)[C@@H](c1ccccc1C)[C@H](C)OC(=O)[C@H](C)CC(=O)c1nccc(OC)c1O. The minimum atomic E-state index is -0.670. The van der Waals surface area contributed by atoms with Crippen LogP contribution in [0.4, 0.5) is 0 Å². The first-order valence-corrected chi connectivity index (χ1v) is 11.3. The number of aromatic nitrogens is 1. The van der Waals surface area contributed by atoms with Gasteiger partial charge in [0.1, 0.15) is 6.10 Å². The number of ether oxygens (including phenoxy) is 2. The first-order chi connectivity index (χ1) is 15.2. The average Bonchev–Trinajstić information content (AvgIpc) is 2.77. The fourth-order valence-electron chi connectivity index (χ4n) is 4.28. The van der Waals surface area contributed by atoms with Crippen molar-refractivity contribution in [2.24, 2.45) is 11.8 Å². The first-order valence-electron chi connectivity index (χ1n) is 11.3. The van der Waals surface area contributed by atoms with Crippen LogP contribution in [0, 0.1) is 18.8 Å². The zero-order valence-corrected chi connectivity index (χ0v) is 19.9. The normalized spacial score (nSPS) is 14.0. The van der Waals surface area contributed by atoms with Crippen molar-refractivity contribution < 1.29 is 24.2 Å². The molecule has 0 unspecified atom stereocenters. The quantitative estimate of drug-likeness (QED) is 0.368. The summed E-state index contributed by atoms with van der Waals surface area (Å²) >= 11 is 0. The topological polar surface area (TPSA) is 85.7 Å². The number of aromatic hydroxyl groups is 1. The van der Waals surface area contributed by atoms with E-state index in [0.29, 0.717) is 5.92 Å². The van der Waals surface area contributed by atoms with Crippen molar-refractivity contribution in [3.8, 4) is 11.5 Å². The molecule has 0 spiro atoms. The van der Waals surface area contributed by atoms with Gasteiger partial charge in [0.15, 0.2) is 23.0 Å². The number of esters is 1. The summed E-state index contributed by atoms with van der Waals surface area (Å²) < 4.78 is 10.9. The van der Waals surface area contributed by atoms with E-state index in [2.05, 4.69) is 37.9 Å². The molecule has 3 atom stereocenters. The summed E-state index contributed by atoms with van der Waals surface area (Å²) in [5, 5.41) is 10.2. The van der Waals surface area contributed by atoms with Crippen LogP contribution in [0.5, 0.6) is 11.5 Å². The molecule has 6 heteroatoms. The molecule has 32 heavy (non-hydrogen) atoms. The molecule has 0 amide bonds. The van der Waals surface area contributed by atoms with Gasteiger partial charge in [-0.05, 0) is 30.9 Å². The summed E-state index contributed by atoms with van der Waals surface area (Å²) in [7, 11) is 1.40. The van der Waals surface area contributed by atoms with Crippen molar-refractivity contribution >= 4 is 11.8 Å². The largest absolute Gasteiger partial charge is 0.503 e. The van der Waals surface area contributed by atoms with E-state index in [1.54, 1.807) is 6.92 Å². The lowest BCUT2D eigenvalue weighted by Gasteiger charge is -2.32. The molecule has 2 rings (SSSR count). The molecule has 1 aromatic heterocycles. The number of pyridine rings is 1. The summed E-state index contributed by atoms with van der Waals surface area (Å²) in [6, 6.07) is 9.67. The molecule has 0 bridgehead atoms. The lowest BCUT2D eigenvalue weighted by atomic mass is 9.78. The van der Waals surface area contributed by atoms with E-state index < -0.39 is 17.7 Å². The lowest BCUT2D eigenvalue weighted by Crippen LogP contribution is -2.31. The van der Waals surface area contributed by atoms with Gasteiger partial charge in [-0.3, -0.25) is 9.59 Å². The highest BCUT2D eigenvalue weighted by molar-refractivity contribution is 5.99. The Bertz CT molecular complexity index is 922. The van der Waals surface area contributed by atoms with E-state index in [1.807, 2.05) is 19.1 Å². The fraction of sp³-hybridized carbons (Fsp3) is 0.500. The van der Waals surface area contributed by atoms with E-state index in [1.165, 1.54) is 30.5 Å². The van der Waals surface area contributed by atoms with Crippen LogP contribution >= 0.6 is 0 Å². The number of hydrogen-bond acceptors (Lipinski definition) is 6. The molecule has 0 fully saturated rings. The maximum atomic E-state index is 12.9. The van der Waals surface area contributed by atoms with Gasteiger partial charge in [0.2, 0.25) is 0 Å². The minimum Gasteiger partial charge on any atom is -0.503 e. The number of rotatable bonds is 11. The summed E-state index contributed by atoms with van der Waals surface area (Å²) in [4.78, 5) is 29.5. The van der Waals surface area contributed by atoms with E-state index in [4.69, 9.17) is 9.47 Å². The standard InChI is InChI=1S/C26H35NO5/c1-7-19(8-2)23(20-12-10-9-11-16(20)3)18(5)32-26(30)17(4)15-21(28)24-25(29)22(31-6)13-14-27-24/h9-14,17-19,23,29H,7-8,15H2,1-6H3/t17-,18+,23+/m1/s1. The zero-order chi connectivity index (χ0) is 23.8. The summed E-state index contributed by atoms with van der Waals surface area (Å²) in [5.74, 6) is -1.25. The third kappa shape index (κ3) is 5.87. The molecule has 6 nitrogen and oxygen atoms in total. The highest BCUT2D eigenvalue weighted by Gasteiger charge is 2.32. The lowest BCUT2D eigenvalue weighted by molar-refractivity contribution is -0.154. The Kier molecular flexibility index (Phi) is 9.24. The Morgan fingerprint density at radius 1 is 1.09 bits per heavy atom. The van der Waals surface area contributed by atoms with Crippen molar-refractivity contribution in [1.82, 2.24) is 4.98 Å². The van der Waals surface area contributed by atoms with Crippen LogP contribution in [0.25, 0.3) is 0 Å². The third-order valence-corrected chi connectivity index (χ3v) is 6.18. The van der Waals surface area contributed by atoms with Crippen molar-refractivity contribution in [3.63, 3.8) is 0 Å². The molecule has 0 aliphatic carbocycles. The number of aryl methyl sites for hydroxylation is 1. The Labute approximate surface area is 191 Å². The molecule has 0 saturated carbocycles. The zero-order valence-electron chi connectivity index (χ0n) is 19.9. The van der Waals surface area contributed by atoms with Gasteiger partial charge in [-0.15, -0.1) is 0 Å². The van der Waals surface area contributed by atoms with E-state index >= 15 is 0 Å². The highest BCUT2D eigenvalue weighted by Crippen LogP contribution is 2.36. The molecule has 0 aliphatic heterocycles. The molecular weight excluding hydrogens is 406 g/mol. The maximum Gasteiger partial charge on any atom is 0.309 e. The molecular formula is C26H35NO5. The number of carbonyl (C=O) groups excluding carboxylic acids is 2. The number of hydrogen-bond donors (Lipinski definition) is 1. The van der Waals surface area contributed by atoms with Crippen LogP contribution in [0.1, 0.15) is 74.5 Å². The predicted molar refractivity (Wildman–Crippen MR) is 124 cm³/mol. The second-order valence-corrected chi connectivity index (χ2v) is 8.34. The fourth-order valence-corrected chi connectivity index (χ4v) is 4.28. The van der Waals surface area contributed by atoms with Crippen molar-refractivity contribution in [3.05, 3.63) is 53.3 Å². The number of ketones is 1. The Balaban J connectivity index is 2.15. The first kappa shape index (κ1) is 25.4.